The first-order valence-electron chi connectivity index (χ1n) is 4.69. The Morgan fingerprint density at radius 1 is 1.18 bits per heavy atom. The maximum absolute atomic E-state index is 11.8. The van der Waals surface area contributed by atoms with Gasteiger partial charge in [0, 0.05) is 11.2 Å². The summed E-state index contributed by atoms with van der Waals surface area (Å²) in [6.45, 7) is 0. The number of aromatic nitrogens is 2. The van der Waals surface area contributed by atoms with Crippen molar-refractivity contribution in [1.29, 1.82) is 0 Å². The number of pyridine rings is 2. The van der Waals surface area contributed by atoms with Gasteiger partial charge in [0.15, 0.2) is 0 Å². The van der Waals surface area contributed by atoms with E-state index in [9.17, 15) is 4.79 Å². The van der Waals surface area contributed by atoms with Crippen LogP contribution in [0.4, 0.5) is 5.69 Å². The molecular formula is C11H7Cl2N3O. The first-order valence-corrected chi connectivity index (χ1v) is 5.45. The van der Waals surface area contributed by atoms with E-state index in [0.717, 1.165) is 0 Å². The molecule has 2 heterocycles. The van der Waals surface area contributed by atoms with E-state index in [0.29, 0.717) is 15.9 Å². The Bertz CT molecular complexity index is 543. The van der Waals surface area contributed by atoms with Crippen LogP contribution in [0.3, 0.4) is 0 Å². The van der Waals surface area contributed by atoms with Crippen LogP contribution in [0.2, 0.25) is 10.2 Å². The lowest BCUT2D eigenvalue weighted by Crippen LogP contribution is -2.13. The van der Waals surface area contributed by atoms with Crippen molar-refractivity contribution in [2.24, 2.45) is 0 Å². The van der Waals surface area contributed by atoms with E-state index < -0.39 is 0 Å². The average Bonchev–Trinajstić information content (AvgIpc) is 2.32. The van der Waals surface area contributed by atoms with E-state index in [-0.39, 0.29) is 11.6 Å². The van der Waals surface area contributed by atoms with Crippen LogP contribution in [-0.2, 0) is 0 Å². The van der Waals surface area contributed by atoms with Gasteiger partial charge in [-0.25, -0.2) is 4.98 Å². The summed E-state index contributed by atoms with van der Waals surface area (Å²) in [6.07, 6.45) is 2.93. The van der Waals surface area contributed by atoms with E-state index in [1.54, 1.807) is 18.2 Å². The van der Waals surface area contributed by atoms with Crippen LogP contribution in [0.15, 0.2) is 36.7 Å². The first kappa shape index (κ1) is 11.8. The highest BCUT2D eigenvalue weighted by Gasteiger charge is 2.07. The number of nitrogens with one attached hydrogen (secondary N) is 1. The van der Waals surface area contributed by atoms with Gasteiger partial charge >= 0.3 is 0 Å². The fourth-order valence-electron chi connectivity index (χ4n) is 1.17. The standard InChI is InChI=1S/C11H7Cl2N3O/c12-7-3-4-14-9(5-7)11(17)16-8-1-2-10(13)15-6-8/h1-6H,(H,16,17). The summed E-state index contributed by atoms with van der Waals surface area (Å²) in [4.78, 5) is 19.5. The molecule has 0 radical (unpaired) electrons. The van der Waals surface area contributed by atoms with Gasteiger partial charge in [0.2, 0.25) is 0 Å². The fourth-order valence-corrected chi connectivity index (χ4v) is 1.45. The highest BCUT2D eigenvalue weighted by molar-refractivity contribution is 6.31. The summed E-state index contributed by atoms with van der Waals surface area (Å²) in [6, 6.07) is 6.32. The molecule has 0 fully saturated rings. The molecule has 2 aromatic rings. The second-order valence-corrected chi connectivity index (χ2v) is 4.01. The number of anilines is 1. The molecular weight excluding hydrogens is 261 g/mol. The highest BCUT2D eigenvalue weighted by Crippen LogP contribution is 2.12. The Balaban J connectivity index is 2.14. The van der Waals surface area contributed by atoms with Crippen LogP contribution in [0.1, 0.15) is 10.5 Å². The van der Waals surface area contributed by atoms with Crippen LogP contribution in [-0.4, -0.2) is 15.9 Å². The highest BCUT2D eigenvalue weighted by atomic mass is 35.5. The third-order valence-corrected chi connectivity index (χ3v) is 2.40. The molecule has 0 atom stereocenters. The van der Waals surface area contributed by atoms with Gasteiger partial charge in [0.25, 0.3) is 5.91 Å². The number of rotatable bonds is 2. The number of hydrogen-bond acceptors (Lipinski definition) is 3. The molecule has 86 valence electrons. The molecule has 0 saturated carbocycles. The van der Waals surface area contributed by atoms with E-state index in [4.69, 9.17) is 23.2 Å². The average molecular weight is 268 g/mol. The van der Waals surface area contributed by atoms with E-state index >= 15 is 0 Å². The summed E-state index contributed by atoms with van der Waals surface area (Å²) in [5.41, 5.74) is 0.786. The molecule has 2 rings (SSSR count). The van der Waals surface area contributed by atoms with Gasteiger partial charge in [-0.3, -0.25) is 9.78 Å². The molecule has 0 aromatic carbocycles. The van der Waals surface area contributed by atoms with Crippen molar-refractivity contribution in [2.75, 3.05) is 5.32 Å². The van der Waals surface area contributed by atoms with E-state index in [1.807, 2.05) is 0 Å². The molecule has 0 aliphatic rings. The summed E-state index contributed by atoms with van der Waals surface area (Å²) in [5.74, 6) is -0.350. The Morgan fingerprint density at radius 3 is 2.65 bits per heavy atom. The van der Waals surface area contributed by atoms with Gasteiger partial charge in [-0.1, -0.05) is 23.2 Å². The van der Waals surface area contributed by atoms with Crippen molar-refractivity contribution in [3.05, 3.63) is 52.5 Å². The molecule has 0 aliphatic carbocycles. The van der Waals surface area contributed by atoms with Crippen LogP contribution in [0.5, 0.6) is 0 Å². The molecule has 1 N–H and O–H groups in total. The van der Waals surface area contributed by atoms with Crippen molar-refractivity contribution in [3.8, 4) is 0 Å². The molecule has 0 aliphatic heterocycles. The minimum atomic E-state index is -0.350. The number of amides is 1. The normalized spacial score (nSPS) is 10.0. The van der Waals surface area contributed by atoms with Crippen LogP contribution >= 0.6 is 23.2 Å². The number of halogens is 2. The smallest absolute Gasteiger partial charge is 0.274 e. The first-order chi connectivity index (χ1) is 8.15. The van der Waals surface area contributed by atoms with Crippen LogP contribution < -0.4 is 5.32 Å². The molecule has 0 bridgehead atoms. The second-order valence-electron chi connectivity index (χ2n) is 3.18. The van der Waals surface area contributed by atoms with Crippen molar-refractivity contribution >= 4 is 34.8 Å². The minimum Gasteiger partial charge on any atom is -0.319 e. The van der Waals surface area contributed by atoms with E-state index in [2.05, 4.69) is 15.3 Å². The molecule has 4 nitrogen and oxygen atoms in total. The Labute approximate surface area is 108 Å². The van der Waals surface area contributed by atoms with Crippen molar-refractivity contribution in [3.63, 3.8) is 0 Å². The molecule has 17 heavy (non-hydrogen) atoms. The van der Waals surface area contributed by atoms with Crippen LogP contribution in [0, 0.1) is 0 Å². The lowest BCUT2D eigenvalue weighted by atomic mass is 10.3. The largest absolute Gasteiger partial charge is 0.319 e. The number of carbonyl (C=O) groups excluding carboxylic acids is 1. The van der Waals surface area contributed by atoms with Gasteiger partial charge in [0.05, 0.1) is 11.9 Å². The van der Waals surface area contributed by atoms with Crippen LogP contribution in [0.25, 0.3) is 0 Å². The Morgan fingerprint density at radius 2 is 2.00 bits per heavy atom. The molecule has 0 saturated heterocycles. The number of carbonyl (C=O) groups is 1. The predicted molar refractivity (Wildman–Crippen MR) is 66.4 cm³/mol. The van der Waals surface area contributed by atoms with Gasteiger partial charge in [-0.2, -0.15) is 0 Å². The van der Waals surface area contributed by atoms with Gasteiger partial charge in [-0.15, -0.1) is 0 Å². The zero-order chi connectivity index (χ0) is 12.3. The molecule has 1 amide bonds. The third-order valence-electron chi connectivity index (χ3n) is 1.94. The molecule has 0 spiro atoms. The van der Waals surface area contributed by atoms with E-state index in [1.165, 1.54) is 18.5 Å². The van der Waals surface area contributed by atoms with Gasteiger partial charge < -0.3 is 5.32 Å². The van der Waals surface area contributed by atoms with Crippen molar-refractivity contribution in [2.45, 2.75) is 0 Å². The number of hydrogen-bond donors (Lipinski definition) is 1. The lowest BCUT2D eigenvalue weighted by Gasteiger charge is -2.04. The zero-order valence-electron chi connectivity index (χ0n) is 8.52. The Hall–Kier alpha value is -1.65. The quantitative estimate of drug-likeness (QED) is 0.851. The molecule has 0 unspecified atom stereocenters. The second kappa shape index (κ2) is 5.12. The molecule has 2 aromatic heterocycles. The summed E-state index contributed by atoms with van der Waals surface area (Å²) < 4.78 is 0. The summed E-state index contributed by atoms with van der Waals surface area (Å²) in [7, 11) is 0. The van der Waals surface area contributed by atoms with Crippen molar-refractivity contribution in [1.82, 2.24) is 9.97 Å². The maximum atomic E-state index is 11.8. The van der Waals surface area contributed by atoms with Gasteiger partial charge in [-0.05, 0) is 24.3 Å². The zero-order valence-corrected chi connectivity index (χ0v) is 10.0. The number of nitrogens with zero attached hydrogens (tertiary/aromatic N) is 2. The van der Waals surface area contributed by atoms with Gasteiger partial charge in [0.1, 0.15) is 10.8 Å². The third kappa shape index (κ3) is 3.15. The fraction of sp³-hybridized carbons (Fsp3) is 0. The van der Waals surface area contributed by atoms with Crippen molar-refractivity contribution < 1.29 is 4.79 Å². The lowest BCUT2D eigenvalue weighted by molar-refractivity contribution is 0.102. The minimum absolute atomic E-state index is 0.243. The Kier molecular flexibility index (Phi) is 3.56. The maximum Gasteiger partial charge on any atom is 0.274 e. The summed E-state index contributed by atoms with van der Waals surface area (Å²) >= 11 is 11.4. The SMILES string of the molecule is O=C(Nc1ccc(Cl)nc1)c1cc(Cl)ccn1. The monoisotopic (exact) mass is 267 g/mol. The predicted octanol–water partition coefficient (Wildman–Crippen LogP) is 3.04. The summed E-state index contributed by atoms with van der Waals surface area (Å²) in [5, 5.41) is 3.45. The molecule has 6 heteroatoms. The topological polar surface area (TPSA) is 54.9 Å².